The molecule has 1 aliphatic carbocycles. The van der Waals surface area contributed by atoms with Gasteiger partial charge in [0.15, 0.2) is 0 Å². The normalized spacial score (nSPS) is 28.5. The Balaban J connectivity index is 1.57. The summed E-state index contributed by atoms with van der Waals surface area (Å²) < 4.78 is 5.12. The van der Waals surface area contributed by atoms with Gasteiger partial charge in [-0.15, -0.1) is 0 Å². The van der Waals surface area contributed by atoms with Gasteiger partial charge in [-0.2, -0.15) is 0 Å². The van der Waals surface area contributed by atoms with Crippen LogP contribution in [0.15, 0.2) is 30.3 Å². The second kappa shape index (κ2) is 6.61. The first-order chi connectivity index (χ1) is 10.3. The van der Waals surface area contributed by atoms with E-state index in [4.69, 9.17) is 4.74 Å². The average Bonchev–Trinajstić information content (AvgIpc) is 2.81. The lowest BCUT2D eigenvalue weighted by Crippen LogP contribution is -2.28. The van der Waals surface area contributed by atoms with E-state index in [0.29, 0.717) is 30.9 Å². The highest BCUT2D eigenvalue weighted by Gasteiger charge is 2.41. The highest BCUT2D eigenvalue weighted by atomic mass is 16.5. The van der Waals surface area contributed by atoms with Gasteiger partial charge in [-0.05, 0) is 43.6 Å². The third kappa shape index (κ3) is 3.46. The fraction of sp³-hybridized carbons (Fsp3) is 0.611. The van der Waals surface area contributed by atoms with E-state index in [1.165, 1.54) is 24.8 Å². The molecule has 3 rings (SSSR count). The summed E-state index contributed by atoms with van der Waals surface area (Å²) in [4.78, 5) is 14.3. The number of esters is 1. The second-order valence-electron chi connectivity index (χ2n) is 6.41. The molecule has 114 valence electrons. The lowest BCUT2D eigenvalue weighted by atomic mass is 9.78. The van der Waals surface area contributed by atoms with E-state index in [1.807, 2.05) is 6.92 Å². The zero-order valence-electron chi connectivity index (χ0n) is 12.8. The SMILES string of the molecule is CCOC(=O)CC1CCC2CC1CN2Cc1ccccc1. The summed E-state index contributed by atoms with van der Waals surface area (Å²) in [5, 5.41) is 0. The Bertz CT molecular complexity index is 473. The molecule has 1 heterocycles. The smallest absolute Gasteiger partial charge is 0.306 e. The number of benzene rings is 1. The topological polar surface area (TPSA) is 29.5 Å². The number of rotatable bonds is 5. The zero-order valence-corrected chi connectivity index (χ0v) is 12.8. The highest BCUT2D eigenvalue weighted by Crippen LogP contribution is 2.41. The Kier molecular flexibility index (Phi) is 4.59. The van der Waals surface area contributed by atoms with Crippen LogP contribution >= 0.6 is 0 Å². The van der Waals surface area contributed by atoms with Crippen molar-refractivity contribution in [1.82, 2.24) is 4.90 Å². The molecule has 0 spiro atoms. The van der Waals surface area contributed by atoms with E-state index in [2.05, 4.69) is 35.2 Å². The van der Waals surface area contributed by atoms with Gasteiger partial charge in [0.05, 0.1) is 6.61 Å². The fourth-order valence-electron chi connectivity index (χ4n) is 4.02. The lowest BCUT2D eigenvalue weighted by molar-refractivity contribution is -0.144. The van der Waals surface area contributed by atoms with Crippen molar-refractivity contribution < 1.29 is 9.53 Å². The molecule has 1 saturated heterocycles. The molecular weight excluding hydrogens is 262 g/mol. The van der Waals surface area contributed by atoms with E-state index >= 15 is 0 Å². The molecule has 3 nitrogen and oxygen atoms in total. The molecular formula is C18H25NO2. The van der Waals surface area contributed by atoms with Crippen molar-refractivity contribution in [1.29, 1.82) is 0 Å². The number of hydrogen-bond acceptors (Lipinski definition) is 3. The standard InChI is InChI=1S/C18H25NO2/c1-2-21-18(20)11-15-8-9-17-10-16(15)13-19(17)12-14-6-4-3-5-7-14/h3-7,15-17H,2,8-13H2,1H3. The summed E-state index contributed by atoms with van der Waals surface area (Å²) in [6, 6.07) is 11.4. The van der Waals surface area contributed by atoms with Crippen molar-refractivity contribution in [3.05, 3.63) is 35.9 Å². The Morgan fingerprint density at radius 1 is 1.29 bits per heavy atom. The molecule has 1 aromatic carbocycles. The monoisotopic (exact) mass is 287 g/mol. The van der Waals surface area contributed by atoms with Gasteiger partial charge in [0.25, 0.3) is 0 Å². The van der Waals surface area contributed by atoms with Gasteiger partial charge >= 0.3 is 5.97 Å². The van der Waals surface area contributed by atoms with Crippen molar-refractivity contribution in [3.63, 3.8) is 0 Å². The molecule has 3 atom stereocenters. The molecule has 1 saturated carbocycles. The number of likely N-dealkylation sites (tertiary alicyclic amines) is 1. The van der Waals surface area contributed by atoms with Crippen LogP contribution in [0.2, 0.25) is 0 Å². The fourth-order valence-corrected chi connectivity index (χ4v) is 4.02. The summed E-state index contributed by atoms with van der Waals surface area (Å²) in [5.74, 6) is 1.19. The first-order valence-corrected chi connectivity index (χ1v) is 8.20. The molecule has 1 aliphatic heterocycles. The van der Waals surface area contributed by atoms with Gasteiger partial charge in [0.1, 0.15) is 0 Å². The Morgan fingerprint density at radius 2 is 2.10 bits per heavy atom. The van der Waals surface area contributed by atoms with Crippen LogP contribution < -0.4 is 0 Å². The third-order valence-electron chi connectivity index (χ3n) is 5.06. The highest BCUT2D eigenvalue weighted by molar-refractivity contribution is 5.69. The van der Waals surface area contributed by atoms with Crippen LogP contribution in [0.1, 0.15) is 38.2 Å². The van der Waals surface area contributed by atoms with E-state index in [1.54, 1.807) is 0 Å². The maximum atomic E-state index is 11.7. The van der Waals surface area contributed by atoms with Gasteiger partial charge in [-0.1, -0.05) is 30.3 Å². The molecule has 3 unspecified atom stereocenters. The van der Waals surface area contributed by atoms with Crippen LogP contribution in [-0.4, -0.2) is 30.1 Å². The molecule has 0 radical (unpaired) electrons. The molecule has 2 bridgehead atoms. The zero-order chi connectivity index (χ0) is 14.7. The second-order valence-corrected chi connectivity index (χ2v) is 6.41. The van der Waals surface area contributed by atoms with Crippen molar-refractivity contribution in [2.75, 3.05) is 13.2 Å². The molecule has 0 amide bonds. The van der Waals surface area contributed by atoms with E-state index in [-0.39, 0.29) is 5.97 Å². The lowest BCUT2D eigenvalue weighted by Gasteiger charge is -2.28. The summed E-state index contributed by atoms with van der Waals surface area (Å²) in [5.41, 5.74) is 1.40. The molecule has 3 heteroatoms. The minimum absolute atomic E-state index is 0.0116. The Hall–Kier alpha value is -1.35. The van der Waals surface area contributed by atoms with E-state index < -0.39 is 0 Å². The first-order valence-electron chi connectivity index (χ1n) is 8.20. The van der Waals surface area contributed by atoms with Crippen molar-refractivity contribution in [2.45, 2.75) is 45.2 Å². The summed E-state index contributed by atoms with van der Waals surface area (Å²) in [6.45, 7) is 4.57. The third-order valence-corrected chi connectivity index (χ3v) is 5.06. The van der Waals surface area contributed by atoms with Gasteiger partial charge in [0, 0.05) is 25.6 Å². The quantitative estimate of drug-likeness (QED) is 0.779. The predicted molar refractivity (Wildman–Crippen MR) is 82.7 cm³/mol. The maximum Gasteiger partial charge on any atom is 0.306 e. The molecule has 0 N–H and O–H groups in total. The minimum Gasteiger partial charge on any atom is -0.466 e. The number of nitrogens with zero attached hydrogens (tertiary/aromatic N) is 1. The number of fused-ring (bicyclic) bond motifs is 2. The molecule has 2 aliphatic rings. The largest absolute Gasteiger partial charge is 0.466 e. The van der Waals surface area contributed by atoms with Crippen LogP contribution in [0, 0.1) is 11.8 Å². The van der Waals surface area contributed by atoms with Gasteiger partial charge < -0.3 is 4.74 Å². The van der Waals surface area contributed by atoms with Crippen molar-refractivity contribution in [2.24, 2.45) is 11.8 Å². The maximum absolute atomic E-state index is 11.7. The molecule has 2 fully saturated rings. The number of carbonyl (C=O) groups excluding carboxylic acids is 1. The molecule has 0 aromatic heterocycles. The Labute approximate surface area is 127 Å². The summed E-state index contributed by atoms with van der Waals surface area (Å²) in [6.07, 6.45) is 4.29. The van der Waals surface area contributed by atoms with Gasteiger partial charge in [0.2, 0.25) is 0 Å². The van der Waals surface area contributed by atoms with Gasteiger partial charge in [-0.3, -0.25) is 9.69 Å². The number of carbonyl (C=O) groups is 1. The average molecular weight is 287 g/mol. The van der Waals surface area contributed by atoms with Crippen LogP contribution in [-0.2, 0) is 16.1 Å². The Morgan fingerprint density at radius 3 is 2.86 bits per heavy atom. The summed E-state index contributed by atoms with van der Waals surface area (Å²) >= 11 is 0. The van der Waals surface area contributed by atoms with Crippen LogP contribution in [0.25, 0.3) is 0 Å². The molecule has 21 heavy (non-hydrogen) atoms. The van der Waals surface area contributed by atoms with Crippen molar-refractivity contribution >= 4 is 5.97 Å². The van der Waals surface area contributed by atoms with Crippen LogP contribution in [0.5, 0.6) is 0 Å². The molecule has 1 aromatic rings. The summed E-state index contributed by atoms with van der Waals surface area (Å²) in [7, 11) is 0. The van der Waals surface area contributed by atoms with E-state index in [0.717, 1.165) is 13.1 Å². The predicted octanol–water partition coefficient (Wildman–Crippen LogP) is 3.24. The van der Waals surface area contributed by atoms with Crippen LogP contribution in [0.3, 0.4) is 0 Å². The number of hydrogen-bond donors (Lipinski definition) is 0. The van der Waals surface area contributed by atoms with E-state index in [9.17, 15) is 4.79 Å². The number of ether oxygens (including phenoxy) is 1. The minimum atomic E-state index is -0.0116. The van der Waals surface area contributed by atoms with Crippen molar-refractivity contribution in [3.8, 4) is 0 Å². The first kappa shape index (κ1) is 14.6. The van der Waals surface area contributed by atoms with Gasteiger partial charge in [-0.25, -0.2) is 0 Å². The van der Waals surface area contributed by atoms with Crippen LogP contribution in [0.4, 0.5) is 0 Å².